The van der Waals surface area contributed by atoms with E-state index in [1.54, 1.807) is 48.5 Å². The molecule has 0 bridgehead atoms. The molecule has 0 radical (unpaired) electrons. The molecular weight excluding hydrogens is 627 g/mol. The second-order valence-corrected chi connectivity index (χ2v) is 14.7. The number of para-hydroxylation sites is 1. The van der Waals surface area contributed by atoms with Crippen LogP contribution in [0.25, 0.3) is 0 Å². The van der Waals surface area contributed by atoms with E-state index < -0.39 is 32.5 Å². The van der Waals surface area contributed by atoms with E-state index in [2.05, 4.69) is 5.32 Å². The Kier molecular flexibility index (Phi) is 10.6. The third-order valence-electron chi connectivity index (χ3n) is 7.47. The molecule has 4 aromatic rings. The topological polar surface area (TPSA) is 122 Å². The number of carbonyl (C=O) groups excluding carboxylic acids is 1. The molecule has 12 heteroatoms. The van der Waals surface area contributed by atoms with Gasteiger partial charge in [0.15, 0.2) is 0 Å². The molecular formula is C34H37N3O7S2. The van der Waals surface area contributed by atoms with Crippen molar-refractivity contribution in [2.45, 2.75) is 36.0 Å². The van der Waals surface area contributed by atoms with Gasteiger partial charge in [0, 0.05) is 13.1 Å². The predicted molar refractivity (Wildman–Crippen MR) is 176 cm³/mol. The van der Waals surface area contributed by atoms with Crippen LogP contribution in [0.4, 0.5) is 5.69 Å². The molecule has 0 saturated carbocycles. The van der Waals surface area contributed by atoms with Gasteiger partial charge >= 0.3 is 0 Å². The molecule has 0 aliphatic carbocycles. The number of hydrogen-bond donors (Lipinski definition) is 1. The van der Waals surface area contributed by atoms with E-state index in [0.29, 0.717) is 36.0 Å². The van der Waals surface area contributed by atoms with E-state index in [4.69, 9.17) is 9.47 Å². The molecule has 4 aromatic carbocycles. The van der Waals surface area contributed by atoms with Gasteiger partial charge in [0.05, 0.1) is 22.0 Å². The molecule has 0 unspecified atom stereocenters. The summed E-state index contributed by atoms with van der Waals surface area (Å²) < 4.78 is 67.3. The maximum atomic E-state index is 13.7. The SMILES string of the molecule is Cc1ccc(S(=O)(=O)N(CC(=O)NCCOc2ccc(S(=O)(=O)N3CCCCC3)cc2)c2ccc(Oc3ccccc3)cc2)cc1. The fourth-order valence-electron chi connectivity index (χ4n) is 4.97. The van der Waals surface area contributed by atoms with E-state index in [1.807, 2.05) is 37.3 Å². The van der Waals surface area contributed by atoms with Gasteiger partial charge in [-0.3, -0.25) is 9.10 Å². The number of carbonyl (C=O) groups is 1. The number of benzene rings is 4. The summed E-state index contributed by atoms with van der Waals surface area (Å²) >= 11 is 0. The van der Waals surface area contributed by atoms with Crippen LogP contribution in [-0.4, -0.2) is 59.8 Å². The van der Waals surface area contributed by atoms with Crippen molar-refractivity contribution >= 4 is 31.6 Å². The third-order valence-corrected chi connectivity index (χ3v) is 11.2. The third kappa shape index (κ3) is 8.25. The van der Waals surface area contributed by atoms with Crippen molar-refractivity contribution in [2.24, 2.45) is 0 Å². The van der Waals surface area contributed by atoms with E-state index >= 15 is 0 Å². The summed E-state index contributed by atoms with van der Waals surface area (Å²) in [5, 5.41) is 2.71. The van der Waals surface area contributed by atoms with Gasteiger partial charge in [-0.25, -0.2) is 16.8 Å². The van der Waals surface area contributed by atoms with Gasteiger partial charge in [-0.05, 0) is 92.6 Å². The molecule has 0 spiro atoms. The Morgan fingerprint density at radius 2 is 1.33 bits per heavy atom. The molecule has 1 aliphatic rings. The summed E-state index contributed by atoms with van der Waals surface area (Å²) in [6.45, 7) is 2.66. The first kappa shape index (κ1) is 33.0. The Morgan fingerprint density at radius 1 is 0.739 bits per heavy atom. The molecule has 46 heavy (non-hydrogen) atoms. The standard InChI is InChI=1S/C34H37N3O7S2/c1-27-10-18-33(19-11-27)46(41,42)37(28-12-14-31(15-13-28)44-30-8-4-2-5-9-30)26-34(38)35-22-25-43-29-16-20-32(21-17-29)45(39,40)36-23-6-3-7-24-36/h2,4-5,8-21H,3,6-7,22-26H2,1H3,(H,35,38). The van der Waals surface area contributed by atoms with Crippen LogP contribution in [0.3, 0.4) is 0 Å². The number of nitrogens with zero attached hydrogens (tertiary/aromatic N) is 2. The number of rotatable bonds is 13. The summed E-state index contributed by atoms with van der Waals surface area (Å²) in [6.07, 6.45) is 2.75. The number of hydrogen-bond acceptors (Lipinski definition) is 7. The van der Waals surface area contributed by atoms with Gasteiger partial charge in [0.25, 0.3) is 10.0 Å². The van der Waals surface area contributed by atoms with Crippen molar-refractivity contribution in [3.05, 3.63) is 109 Å². The minimum atomic E-state index is -4.09. The summed E-state index contributed by atoms with van der Waals surface area (Å²) in [5.41, 5.74) is 1.20. The molecule has 0 atom stereocenters. The lowest BCUT2D eigenvalue weighted by atomic mass is 10.2. The highest BCUT2D eigenvalue weighted by Crippen LogP contribution is 2.28. The number of piperidine rings is 1. The lowest BCUT2D eigenvalue weighted by Gasteiger charge is -2.25. The zero-order valence-electron chi connectivity index (χ0n) is 25.5. The normalized spacial score (nSPS) is 13.9. The first-order valence-corrected chi connectivity index (χ1v) is 17.9. The zero-order chi connectivity index (χ0) is 32.6. The number of sulfonamides is 2. The highest BCUT2D eigenvalue weighted by Gasteiger charge is 2.28. The van der Waals surface area contributed by atoms with Gasteiger partial charge in [-0.1, -0.05) is 42.3 Å². The monoisotopic (exact) mass is 663 g/mol. The van der Waals surface area contributed by atoms with Gasteiger partial charge < -0.3 is 14.8 Å². The minimum absolute atomic E-state index is 0.0598. The summed E-state index contributed by atoms with van der Waals surface area (Å²) in [6, 6.07) is 28.3. The van der Waals surface area contributed by atoms with Crippen molar-refractivity contribution in [1.29, 1.82) is 0 Å². The van der Waals surface area contributed by atoms with Crippen LogP contribution in [0.15, 0.2) is 113 Å². The van der Waals surface area contributed by atoms with E-state index in [-0.39, 0.29) is 22.9 Å². The Hall–Kier alpha value is -4.39. The number of ether oxygens (including phenoxy) is 2. The van der Waals surface area contributed by atoms with Crippen LogP contribution >= 0.6 is 0 Å². The predicted octanol–water partition coefficient (Wildman–Crippen LogP) is 5.35. The molecule has 1 aliphatic heterocycles. The molecule has 242 valence electrons. The van der Waals surface area contributed by atoms with Crippen LogP contribution in [0.1, 0.15) is 24.8 Å². The Bertz CT molecular complexity index is 1810. The van der Waals surface area contributed by atoms with Gasteiger partial charge in [-0.15, -0.1) is 0 Å². The number of anilines is 1. The molecule has 1 heterocycles. The molecule has 1 fully saturated rings. The van der Waals surface area contributed by atoms with Crippen molar-refractivity contribution < 1.29 is 31.1 Å². The average Bonchev–Trinajstić information content (AvgIpc) is 3.07. The van der Waals surface area contributed by atoms with Crippen LogP contribution in [0.2, 0.25) is 0 Å². The van der Waals surface area contributed by atoms with Gasteiger partial charge in [-0.2, -0.15) is 4.31 Å². The van der Waals surface area contributed by atoms with Gasteiger partial charge in [0.1, 0.15) is 30.4 Å². The van der Waals surface area contributed by atoms with E-state index in [1.165, 1.54) is 28.6 Å². The second-order valence-electron chi connectivity index (χ2n) is 10.9. The Balaban J connectivity index is 1.21. The molecule has 1 amide bonds. The van der Waals surface area contributed by atoms with Crippen LogP contribution in [-0.2, 0) is 24.8 Å². The first-order chi connectivity index (χ1) is 22.1. The van der Waals surface area contributed by atoms with Gasteiger partial charge in [0.2, 0.25) is 15.9 Å². The lowest BCUT2D eigenvalue weighted by Crippen LogP contribution is -2.41. The smallest absolute Gasteiger partial charge is 0.264 e. The van der Waals surface area contributed by atoms with Crippen LogP contribution in [0, 0.1) is 6.92 Å². The van der Waals surface area contributed by atoms with E-state index in [9.17, 15) is 21.6 Å². The summed E-state index contributed by atoms with van der Waals surface area (Å²) in [5.74, 6) is 1.08. The number of amides is 1. The van der Waals surface area contributed by atoms with Crippen molar-refractivity contribution in [2.75, 3.05) is 37.1 Å². The molecule has 0 aromatic heterocycles. The maximum Gasteiger partial charge on any atom is 0.264 e. The molecule has 1 N–H and O–H groups in total. The number of aryl methyl sites for hydroxylation is 1. The summed E-state index contributed by atoms with van der Waals surface area (Å²) in [7, 11) is -7.63. The first-order valence-electron chi connectivity index (χ1n) is 15.0. The summed E-state index contributed by atoms with van der Waals surface area (Å²) in [4.78, 5) is 13.3. The fraction of sp³-hybridized carbons (Fsp3) is 0.265. The van der Waals surface area contributed by atoms with Crippen molar-refractivity contribution in [3.8, 4) is 17.2 Å². The second kappa shape index (κ2) is 14.8. The van der Waals surface area contributed by atoms with Crippen molar-refractivity contribution in [3.63, 3.8) is 0 Å². The molecule has 10 nitrogen and oxygen atoms in total. The molecule has 5 rings (SSSR count). The molecule has 1 saturated heterocycles. The van der Waals surface area contributed by atoms with E-state index in [0.717, 1.165) is 29.1 Å². The zero-order valence-corrected chi connectivity index (χ0v) is 27.2. The highest BCUT2D eigenvalue weighted by atomic mass is 32.2. The average molecular weight is 664 g/mol. The quantitative estimate of drug-likeness (QED) is 0.191. The van der Waals surface area contributed by atoms with Crippen molar-refractivity contribution in [1.82, 2.24) is 9.62 Å². The lowest BCUT2D eigenvalue weighted by molar-refractivity contribution is -0.119. The van der Waals surface area contributed by atoms with Crippen LogP contribution < -0.4 is 19.1 Å². The Labute approximate surface area is 270 Å². The number of nitrogens with one attached hydrogen (secondary N) is 1. The maximum absolute atomic E-state index is 13.7. The fourth-order valence-corrected chi connectivity index (χ4v) is 7.90. The van der Waals surface area contributed by atoms with Crippen LogP contribution in [0.5, 0.6) is 17.2 Å². The minimum Gasteiger partial charge on any atom is -0.492 e. The Morgan fingerprint density at radius 3 is 1.98 bits per heavy atom. The largest absolute Gasteiger partial charge is 0.492 e. The highest BCUT2D eigenvalue weighted by molar-refractivity contribution is 7.92.